The van der Waals surface area contributed by atoms with E-state index in [0.29, 0.717) is 39.4 Å². The molecule has 148 valence electrons. The topological polar surface area (TPSA) is 109 Å². The fourth-order valence-corrected chi connectivity index (χ4v) is 3.62. The van der Waals surface area contributed by atoms with E-state index >= 15 is 0 Å². The minimum Gasteiger partial charge on any atom is -0.493 e. The maximum Gasteiger partial charge on any atom is 0.276 e. The number of rotatable bonds is 4. The summed E-state index contributed by atoms with van der Waals surface area (Å²) in [5.74, 6) is 0.151. The number of nitro benzene ring substituents is 1. The Kier molecular flexibility index (Phi) is 4.93. The molecule has 1 atom stereocenters. The second-order valence-electron chi connectivity index (χ2n) is 6.19. The number of nitrogens with one attached hydrogen (secondary N) is 1. The summed E-state index contributed by atoms with van der Waals surface area (Å²) in [5, 5.41) is 21.8. The number of fused-ring (bicyclic) bond motifs is 2. The minimum atomic E-state index is -0.783. The van der Waals surface area contributed by atoms with Gasteiger partial charge in [0.05, 0.1) is 16.9 Å². The molecule has 0 fully saturated rings. The third-order valence-corrected chi connectivity index (χ3v) is 5.06. The molecule has 2 aromatic rings. The molecule has 29 heavy (non-hydrogen) atoms. The van der Waals surface area contributed by atoms with Gasteiger partial charge in [-0.05, 0) is 25.3 Å². The van der Waals surface area contributed by atoms with Crippen molar-refractivity contribution in [2.75, 3.05) is 12.9 Å². The van der Waals surface area contributed by atoms with Crippen LogP contribution in [0.25, 0.3) is 5.70 Å². The zero-order valence-corrected chi connectivity index (χ0v) is 16.5. The standard InChI is InChI=1S/C19H17N5O4S/c1-3-28-15-9-8-11(24(26)27)10-13(15)17-20-14-7-5-4-6-12(14)16-18(25)21-19(29-2)22-23(16)17/h4-10,17H,3H2,1-2H3,(H,21,22,25)/t17-/m0/s1. The first-order chi connectivity index (χ1) is 14.0. The lowest BCUT2D eigenvalue weighted by molar-refractivity contribution is -0.385. The molecule has 0 unspecified atom stereocenters. The summed E-state index contributed by atoms with van der Waals surface area (Å²) in [5.41, 5.74) is 0.717. The van der Waals surface area contributed by atoms with Gasteiger partial charge in [0.2, 0.25) is 0 Å². The fraction of sp³-hybridized carbons (Fsp3) is 0.211. The molecule has 0 bridgehead atoms. The lowest BCUT2D eigenvalue weighted by Gasteiger charge is -2.34. The monoisotopic (exact) mass is 411 g/mol. The number of thioether (sulfide) groups is 1. The van der Waals surface area contributed by atoms with Crippen LogP contribution in [0.2, 0.25) is 0 Å². The molecule has 2 aromatic carbocycles. The number of amidine groups is 1. The SMILES string of the molecule is CCOc1ccc([N+](=O)[O-])cc1[C@H]1N=c2ccccc2=C2C(=O)NC(SC)=NN21. The molecule has 9 nitrogen and oxygen atoms in total. The number of nitrogens with zero attached hydrogens (tertiary/aromatic N) is 4. The normalized spacial score (nSPS) is 17.5. The molecule has 0 spiro atoms. The van der Waals surface area contributed by atoms with Gasteiger partial charge in [0.1, 0.15) is 11.4 Å². The number of carbonyl (C=O) groups is 1. The highest BCUT2D eigenvalue weighted by Crippen LogP contribution is 2.37. The zero-order chi connectivity index (χ0) is 20.5. The number of hydrazone groups is 1. The molecule has 2 heterocycles. The number of carbonyl (C=O) groups excluding carboxylic acids is 1. The smallest absolute Gasteiger partial charge is 0.276 e. The van der Waals surface area contributed by atoms with Crippen molar-refractivity contribution in [1.82, 2.24) is 10.3 Å². The van der Waals surface area contributed by atoms with Gasteiger partial charge in [-0.1, -0.05) is 30.0 Å². The second-order valence-corrected chi connectivity index (χ2v) is 6.98. The molecular weight excluding hydrogens is 394 g/mol. The quantitative estimate of drug-likeness (QED) is 0.603. The zero-order valence-electron chi connectivity index (χ0n) is 15.7. The van der Waals surface area contributed by atoms with Crippen LogP contribution in [-0.4, -0.2) is 33.9 Å². The van der Waals surface area contributed by atoms with Crippen LogP contribution in [0.3, 0.4) is 0 Å². The Bertz CT molecular complexity index is 1160. The number of hydrogen-bond donors (Lipinski definition) is 1. The van der Waals surface area contributed by atoms with E-state index in [2.05, 4.69) is 10.4 Å². The predicted octanol–water partition coefficient (Wildman–Crippen LogP) is 1.50. The number of nitro groups is 1. The molecule has 0 aromatic heterocycles. The van der Waals surface area contributed by atoms with Gasteiger partial charge in [-0.3, -0.25) is 25.2 Å². The van der Waals surface area contributed by atoms with E-state index in [4.69, 9.17) is 9.73 Å². The summed E-state index contributed by atoms with van der Waals surface area (Å²) in [6, 6.07) is 11.6. The van der Waals surface area contributed by atoms with Crippen LogP contribution in [0.15, 0.2) is 52.6 Å². The third kappa shape index (κ3) is 3.31. The van der Waals surface area contributed by atoms with E-state index in [1.165, 1.54) is 28.9 Å². The van der Waals surface area contributed by atoms with Crippen molar-refractivity contribution < 1.29 is 14.5 Å². The van der Waals surface area contributed by atoms with E-state index in [1.54, 1.807) is 24.5 Å². The van der Waals surface area contributed by atoms with E-state index in [-0.39, 0.29) is 11.6 Å². The van der Waals surface area contributed by atoms with E-state index in [9.17, 15) is 14.9 Å². The summed E-state index contributed by atoms with van der Waals surface area (Å²) < 4.78 is 5.70. The van der Waals surface area contributed by atoms with E-state index in [1.807, 2.05) is 19.1 Å². The summed E-state index contributed by atoms with van der Waals surface area (Å²) in [6.07, 6.45) is 1.02. The summed E-state index contributed by atoms with van der Waals surface area (Å²) >= 11 is 1.29. The minimum absolute atomic E-state index is 0.0883. The molecule has 0 saturated carbocycles. The van der Waals surface area contributed by atoms with Gasteiger partial charge in [0, 0.05) is 22.9 Å². The number of ether oxygens (including phenoxy) is 1. The Morgan fingerprint density at radius 3 is 2.83 bits per heavy atom. The van der Waals surface area contributed by atoms with Gasteiger partial charge < -0.3 is 4.74 Å². The van der Waals surface area contributed by atoms with Gasteiger partial charge >= 0.3 is 0 Å². The first kappa shape index (κ1) is 18.9. The lowest BCUT2D eigenvalue weighted by Crippen LogP contribution is -2.50. The lowest BCUT2D eigenvalue weighted by atomic mass is 10.1. The first-order valence-corrected chi connectivity index (χ1v) is 10.1. The molecule has 0 radical (unpaired) electrons. The van der Waals surface area contributed by atoms with Crippen LogP contribution in [0.5, 0.6) is 5.75 Å². The summed E-state index contributed by atoms with van der Waals surface area (Å²) in [6.45, 7) is 2.21. The number of non-ortho nitro benzene ring substituents is 1. The predicted molar refractivity (Wildman–Crippen MR) is 109 cm³/mol. The highest BCUT2D eigenvalue weighted by Gasteiger charge is 2.36. The highest BCUT2D eigenvalue weighted by atomic mass is 32.2. The maximum atomic E-state index is 12.9. The van der Waals surface area contributed by atoms with Gasteiger partial charge in [0.25, 0.3) is 11.6 Å². The Morgan fingerprint density at radius 2 is 2.10 bits per heavy atom. The molecule has 0 saturated heterocycles. The second kappa shape index (κ2) is 7.55. The van der Waals surface area contributed by atoms with Crippen molar-refractivity contribution in [1.29, 1.82) is 0 Å². The van der Waals surface area contributed by atoms with Crippen molar-refractivity contribution in [2.45, 2.75) is 13.1 Å². The Labute approximate surface area is 169 Å². The van der Waals surface area contributed by atoms with Crippen LogP contribution in [0, 0.1) is 10.1 Å². The van der Waals surface area contributed by atoms with Crippen LogP contribution < -0.4 is 20.6 Å². The summed E-state index contributed by atoms with van der Waals surface area (Å²) in [4.78, 5) is 28.5. The Morgan fingerprint density at radius 1 is 1.31 bits per heavy atom. The van der Waals surface area contributed by atoms with Crippen LogP contribution in [0.4, 0.5) is 5.69 Å². The molecule has 10 heteroatoms. The highest BCUT2D eigenvalue weighted by molar-refractivity contribution is 8.13. The average Bonchev–Trinajstić information content (AvgIpc) is 2.73. The van der Waals surface area contributed by atoms with Crippen LogP contribution in [-0.2, 0) is 4.79 Å². The molecule has 1 amide bonds. The Hall–Kier alpha value is -3.40. The van der Waals surface area contributed by atoms with Gasteiger partial charge in [-0.2, -0.15) is 0 Å². The number of para-hydroxylation sites is 1. The Balaban J connectivity index is 1.99. The summed E-state index contributed by atoms with van der Waals surface area (Å²) in [7, 11) is 0. The molecule has 2 aliphatic heterocycles. The van der Waals surface area contributed by atoms with E-state index < -0.39 is 11.1 Å². The van der Waals surface area contributed by atoms with Crippen LogP contribution >= 0.6 is 11.8 Å². The third-order valence-electron chi connectivity index (χ3n) is 4.49. The fourth-order valence-electron chi connectivity index (χ4n) is 3.26. The molecule has 4 rings (SSSR count). The first-order valence-electron chi connectivity index (χ1n) is 8.85. The average molecular weight is 411 g/mol. The van der Waals surface area contributed by atoms with E-state index in [0.717, 1.165) is 0 Å². The van der Waals surface area contributed by atoms with Crippen molar-refractivity contribution in [3.63, 3.8) is 0 Å². The molecule has 2 aliphatic rings. The largest absolute Gasteiger partial charge is 0.493 e. The number of hydrogen-bond acceptors (Lipinski definition) is 8. The van der Waals surface area contributed by atoms with Gasteiger partial charge in [-0.15, -0.1) is 5.10 Å². The van der Waals surface area contributed by atoms with Crippen molar-refractivity contribution in [3.8, 4) is 5.75 Å². The van der Waals surface area contributed by atoms with Crippen molar-refractivity contribution >= 4 is 34.2 Å². The van der Waals surface area contributed by atoms with Crippen molar-refractivity contribution in [3.05, 3.63) is 68.7 Å². The van der Waals surface area contributed by atoms with Gasteiger partial charge in [0.15, 0.2) is 11.3 Å². The number of amides is 1. The number of benzene rings is 2. The van der Waals surface area contributed by atoms with Crippen molar-refractivity contribution in [2.24, 2.45) is 10.1 Å². The van der Waals surface area contributed by atoms with Gasteiger partial charge in [-0.25, -0.2) is 5.01 Å². The molecule has 0 aliphatic carbocycles. The van der Waals surface area contributed by atoms with Crippen LogP contribution in [0.1, 0.15) is 18.7 Å². The molecule has 1 N–H and O–H groups in total. The maximum absolute atomic E-state index is 12.9. The molecular formula is C19H17N5O4S.